The maximum Gasteiger partial charge on any atom is 0.280 e. The summed E-state index contributed by atoms with van der Waals surface area (Å²) in [6, 6.07) is 17.2. The molecule has 0 fully saturated rings. The monoisotopic (exact) mass is 308 g/mol. The van der Waals surface area contributed by atoms with E-state index < -0.39 is 6.10 Å². The first-order chi connectivity index (χ1) is 11.2. The molecule has 1 atom stereocenters. The number of nitrogens with one attached hydrogen (secondary N) is 1. The molecule has 0 radical (unpaired) electrons. The number of benzene rings is 2. The predicted octanol–water partition coefficient (Wildman–Crippen LogP) is 3.35. The van der Waals surface area contributed by atoms with Crippen LogP contribution in [0.25, 0.3) is 10.8 Å². The Kier molecular flexibility index (Phi) is 4.38. The zero-order valence-electron chi connectivity index (χ0n) is 12.6. The number of furan rings is 1. The highest BCUT2D eigenvalue weighted by atomic mass is 16.5. The number of nitrogens with zero attached hydrogens (tertiary/aromatic N) is 1. The van der Waals surface area contributed by atoms with Gasteiger partial charge >= 0.3 is 0 Å². The van der Waals surface area contributed by atoms with Gasteiger partial charge in [0.2, 0.25) is 0 Å². The summed E-state index contributed by atoms with van der Waals surface area (Å²) < 4.78 is 10.7. The lowest BCUT2D eigenvalue weighted by Crippen LogP contribution is -2.33. The Morgan fingerprint density at radius 2 is 2.00 bits per heavy atom. The Hall–Kier alpha value is -3.08. The van der Waals surface area contributed by atoms with Gasteiger partial charge in [0.05, 0.1) is 12.5 Å². The molecule has 23 heavy (non-hydrogen) atoms. The fraction of sp³-hybridized carbons (Fsp3) is 0.111. The number of carbonyl (C=O) groups is 1. The minimum atomic E-state index is -0.662. The molecule has 0 bridgehead atoms. The Balaban J connectivity index is 1.60. The molecule has 0 aliphatic carbocycles. The third kappa shape index (κ3) is 3.77. The molecule has 5 nitrogen and oxygen atoms in total. The van der Waals surface area contributed by atoms with Gasteiger partial charge in [0.1, 0.15) is 11.5 Å². The van der Waals surface area contributed by atoms with Crippen LogP contribution in [0.1, 0.15) is 12.7 Å². The summed E-state index contributed by atoms with van der Waals surface area (Å²) in [4.78, 5) is 12.0. The van der Waals surface area contributed by atoms with Crippen molar-refractivity contribution in [1.29, 1.82) is 0 Å². The third-order valence-corrected chi connectivity index (χ3v) is 3.31. The largest absolute Gasteiger partial charge is 0.481 e. The number of rotatable bonds is 5. The summed E-state index contributed by atoms with van der Waals surface area (Å²) in [7, 11) is 0. The van der Waals surface area contributed by atoms with E-state index >= 15 is 0 Å². The number of carbonyl (C=O) groups excluding carboxylic acids is 1. The number of fused-ring (bicyclic) bond motifs is 1. The molecule has 0 aliphatic heterocycles. The van der Waals surface area contributed by atoms with E-state index in [2.05, 4.69) is 10.5 Å². The molecule has 0 saturated heterocycles. The van der Waals surface area contributed by atoms with Crippen LogP contribution < -0.4 is 10.2 Å². The first-order valence-corrected chi connectivity index (χ1v) is 7.24. The lowest BCUT2D eigenvalue weighted by Gasteiger charge is -2.13. The van der Waals surface area contributed by atoms with Gasteiger partial charge in [-0.05, 0) is 42.0 Å². The second kappa shape index (κ2) is 6.79. The average molecular weight is 308 g/mol. The zero-order chi connectivity index (χ0) is 16.1. The summed E-state index contributed by atoms with van der Waals surface area (Å²) in [6.45, 7) is 1.67. The van der Waals surface area contributed by atoms with E-state index in [4.69, 9.17) is 9.15 Å². The summed E-state index contributed by atoms with van der Waals surface area (Å²) in [5, 5.41) is 6.02. The molecule has 3 aromatic rings. The van der Waals surface area contributed by atoms with Crippen LogP contribution >= 0.6 is 0 Å². The van der Waals surface area contributed by atoms with Crippen LogP contribution in [0.4, 0.5) is 0 Å². The van der Waals surface area contributed by atoms with E-state index in [0.717, 1.165) is 10.8 Å². The van der Waals surface area contributed by atoms with E-state index in [1.54, 1.807) is 19.1 Å². The highest BCUT2D eigenvalue weighted by Crippen LogP contribution is 2.21. The number of amides is 1. The molecule has 1 amide bonds. The minimum absolute atomic E-state index is 0.332. The van der Waals surface area contributed by atoms with Gasteiger partial charge in [0, 0.05) is 0 Å². The van der Waals surface area contributed by atoms with Crippen molar-refractivity contribution in [2.24, 2.45) is 5.10 Å². The summed E-state index contributed by atoms with van der Waals surface area (Å²) in [5.74, 6) is 0.871. The molecule has 2 aromatic carbocycles. The molecule has 1 N–H and O–H groups in total. The van der Waals surface area contributed by atoms with Crippen LogP contribution in [0.2, 0.25) is 0 Å². The number of hydrogen-bond donors (Lipinski definition) is 1. The first-order valence-electron chi connectivity index (χ1n) is 7.24. The Morgan fingerprint density at radius 3 is 2.78 bits per heavy atom. The minimum Gasteiger partial charge on any atom is -0.481 e. The van der Waals surface area contributed by atoms with Crippen molar-refractivity contribution in [1.82, 2.24) is 5.43 Å². The first kappa shape index (κ1) is 14.8. The molecular formula is C18H16N2O3. The Labute approximate surface area is 133 Å². The summed E-state index contributed by atoms with van der Waals surface area (Å²) >= 11 is 0. The Bertz CT molecular complexity index is 825. The van der Waals surface area contributed by atoms with Crippen LogP contribution in [0, 0.1) is 0 Å². The molecular weight excluding hydrogens is 292 g/mol. The molecule has 5 heteroatoms. The quantitative estimate of drug-likeness (QED) is 0.580. The van der Waals surface area contributed by atoms with E-state index in [-0.39, 0.29) is 5.91 Å². The van der Waals surface area contributed by atoms with E-state index in [0.29, 0.717) is 11.5 Å². The zero-order valence-corrected chi connectivity index (χ0v) is 12.6. The SMILES string of the molecule is CC(Oc1ccc2ccccc2c1)C(=O)NN=Cc1ccco1. The normalized spacial score (nSPS) is 12.4. The number of hydrogen-bond acceptors (Lipinski definition) is 4. The summed E-state index contributed by atoms with van der Waals surface area (Å²) in [6.07, 6.45) is 2.31. The fourth-order valence-electron chi connectivity index (χ4n) is 2.11. The van der Waals surface area contributed by atoms with Crippen LogP contribution in [0.3, 0.4) is 0 Å². The van der Waals surface area contributed by atoms with Gasteiger partial charge in [-0.1, -0.05) is 30.3 Å². The highest BCUT2D eigenvalue weighted by Gasteiger charge is 2.14. The van der Waals surface area contributed by atoms with Crippen molar-refractivity contribution in [2.75, 3.05) is 0 Å². The van der Waals surface area contributed by atoms with Crippen LogP contribution in [0.5, 0.6) is 5.75 Å². The van der Waals surface area contributed by atoms with Crippen LogP contribution in [-0.4, -0.2) is 18.2 Å². The fourth-order valence-corrected chi connectivity index (χ4v) is 2.11. The maximum absolute atomic E-state index is 12.0. The molecule has 116 valence electrons. The second-order valence-corrected chi connectivity index (χ2v) is 5.02. The van der Waals surface area contributed by atoms with E-state index in [1.807, 2.05) is 42.5 Å². The van der Waals surface area contributed by atoms with Gasteiger partial charge in [-0.15, -0.1) is 0 Å². The van der Waals surface area contributed by atoms with Crippen molar-refractivity contribution < 1.29 is 13.9 Å². The average Bonchev–Trinajstić information content (AvgIpc) is 3.08. The molecule has 3 rings (SSSR count). The topological polar surface area (TPSA) is 63.8 Å². The Morgan fingerprint density at radius 1 is 1.17 bits per heavy atom. The van der Waals surface area contributed by atoms with Crippen molar-refractivity contribution in [3.63, 3.8) is 0 Å². The lowest BCUT2D eigenvalue weighted by molar-refractivity contribution is -0.127. The molecule has 1 aromatic heterocycles. The number of hydrazone groups is 1. The third-order valence-electron chi connectivity index (χ3n) is 3.31. The molecule has 0 aliphatic rings. The summed E-state index contributed by atoms with van der Waals surface area (Å²) in [5.41, 5.74) is 2.42. The van der Waals surface area contributed by atoms with Gasteiger partial charge in [0.25, 0.3) is 5.91 Å². The molecule has 0 saturated carbocycles. The van der Waals surface area contributed by atoms with Crippen LogP contribution in [-0.2, 0) is 4.79 Å². The lowest BCUT2D eigenvalue weighted by atomic mass is 10.1. The van der Waals surface area contributed by atoms with Crippen molar-refractivity contribution in [3.05, 3.63) is 66.6 Å². The second-order valence-electron chi connectivity index (χ2n) is 5.02. The smallest absolute Gasteiger partial charge is 0.280 e. The van der Waals surface area contributed by atoms with Crippen molar-refractivity contribution in [3.8, 4) is 5.75 Å². The van der Waals surface area contributed by atoms with Gasteiger partial charge in [-0.3, -0.25) is 4.79 Å². The van der Waals surface area contributed by atoms with E-state index in [1.165, 1.54) is 12.5 Å². The number of ether oxygens (including phenoxy) is 1. The highest BCUT2D eigenvalue weighted by molar-refractivity contribution is 5.85. The predicted molar refractivity (Wildman–Crippen MR) is 88.5 cm³/mol. The molecule has 1 unspecified atom stereocenters. The van der Waals surface area contributed by atoms with Gasteiger partial charge in [-0.25, -0.2) is 5.43 Å². The van der Waals surface area contributed by atoms with Crippen LogP contribution in [0.15, 0.2) is 70.4 Å². The van der Waals surface area contributed by atoms with Gasteiger partial charge < -0.3 is 9.15 Å². The van der Waals surface area contributed by atoms with Gasteiger partial charge in [-0.2, -0.15) is 5.10 Å². The van der Waals surface area contributed by atoms with E-state index in [9.17, 15) is 4.79 Å². The van der Waals surface area contributed by atoms with Crippen molar-refractivity contribution in [2.45, 2.75) is 13.0 Å². The maximum atomic E-state index is 12.0. The molecule has 1 heterocycles. The standard InChI is InChI=1S/C18H16N2O3/c1-13(18(21)20-19-12-17-7-4-10-22-17)23-16-9-8-14-5-2-3-6-15(14)11-16/h2-13H,1H3,(H,20,21). The molecule has 0 spiro atoms. The van der Waals surface area contributed by atoms with Crippen molar-refractivity contribution >= 4 is 22.9 Å². The van der Waals surface area contributed by atoms with Gasteiger partial charge in [0.15, 0.2) is 6.10 Å².